The van der Waals surface area contributed by atoms with Crippen LogP contribution in [0.25, 0.3) is 0 Å². The Hall–Kier alpha value is -0.169. The van der Waals surface area contributed by atoms with E-state index in [2.05, 4.69) is 57.0 Å². The Bertz CT molecular complexity index is 325. The quantitative estimate of drug-likeness (QED) is 0.730. The van der Waals surface area contributed by atoms with Gasteiger partial charge >= 0.3 is 0 Å². The number of benzene rings is 1. The molecule has 0 N–H and O–H groups in total. The summed E-state index contributed by atoms with van der Waals surface area (Å²) < 4.78 is 6.34. The lowest BCUT2D eigenvalue weighted by Crippen LogP contribution is -2.51. The molecule has 0 aliphatic heterocycles. The number of hydrogen-bond donors (Lipinski definition) is 0. The number of hydrogen-bond acceptors (Lipinski definition) is 1. The lowest BCUT2D eigenvalue weighted by Gasteiger charge is -2.31. The van der Waals surface area contributed by atoms with Crippen molar-refractivity contribution in [2.24, 2.45) is 0 Å². The van der Waals surface area contributed by atoms with Gasteiger partial charge in [0.15, 0.2) is 8.32 Å². The van der Waals surface area contributed by atoms with Crippen LogP contribution in [0.4, 0.5) is 0 Å². The Kier molecular flexibility index (Phi) is 3.76. The fourth-order valence-electron chi connectivity index (χ4n) is 1.78. The third-order valence-electron chi connectivity index (χ3n) is 2.31. The second kappa shape index (κ2) is 4.37. The molecule has 0 radical (unpaired) electrons. The molecule has 1 rings (SSSR count). The molecule has 0 fully saturated rings. The molecular weight excluding hydrogens is 232 g/mol. The van der Waals surface area contributed by atoms with Crippen LogP contribution < -0.4 is 10.4 Å². The third kappa shape index (κ3) is 4.06. The highest BCUT2D eigenvalue weighted by atomic mass is 28.4. The first-order valence-corrected chi connectivity index (χ1v) is 12.8. The van der Waals surface area contributed by atoms with Gasteiger partial charge in [0.1, 0.15) is 0 Å². The van der Waals surface area contributed by atoms with Gasteiger partial charge in [-0.15, -0.1) is 0 Å². The van der Waals surface area contributed by atoms with Crippen molar-refractivity contribution in [3.05, 3.63) is 24.3 Å². The standard InChI is InChI=1S/C11H22OSi3/c1-14(2,3)12-15(4,5)11-8-6-10(13)7-9-11/h6-9H,1-5,13H3. The van der Waals surface area contributed by atoms with E-state index in [0.29, 0.717) is 0 Å². The molecule has 84 valence electrons. The van der Waals surface area contributed by atoms with E-state index in [1.54, 1.807) is 0 Å². The van der Waals surface area contributed by atoms with Crippen LogP contribution in [-0.2, 0) is 4.12 Å². The Morgan fingerprint density at radius 1 is 0.933 bits per heavy atom. The van der Waals surface area contributed by atoms with Gasteiger partial charge in [0.2, 0.25) is 8.32 Å². The summed E-state index contributed by atoms with van der Waals surface area (Å²) in [5.74, 6) is 0. The Balaban J connectivity index is 2.90. The predicted molar refractivity (Wildman–Crippen MR) is 77.6 cm³/mol. The predicted octanol–water partition coefficient (Wildman–Crippen LogP) is 0.941. The molecule has 0 bridgehead atoms. The molecule has 0 aromatic heterocycles. The van der Waals surface area contributed by atoms with Gasteiger partial charge in [0.05, 0.1) is 0 Å². The van der Waals surface area contributed by atoms with Crippen LogP contribution in [0, 0.1) is 0 Å². The Labute approximate surface area is 98.5 Å². The molecule has 0 saturated heterocycles. The third-order valence-corrected chi connectivity index (χ3v) is 9.19. The van der Waals surface area contributed by atoms with Crippen LogP contribution in [-0.4, -0.2) is 26.9 Å². The maximum atomic E-state index is 6.34. The van der Waals surface area contributed by atoms with E-state index in [1.807, 2.05) is 0 Å². The van der Waals surface area contributed by atoms with Crippen molar-refractivity contribution in [1.82, 2.24) is 0 Å². The van der Waals surface area contributed by atoms with Gasteiger partial charge < -0.3 is 4.12 Å². The molecule has 0 atom stereocenters. The first kappa shape index (κ1) is 12.9. The van der Waals surface area contributed by atoms with E-state index < -0.39 is 16.6 Å². The van der Waals surface area contributed by atoms with Crippen LogP contribution in [0.1, 0.15) is 0 Å². The highest BCUT2D eigenvalue weighted by Gasteiger charge is 2.31. The normalized spacial score (nSPS) is 13.1. The molecule has 0 aliphatic carbocycles. The van der Waals surface area contributed by atoms with Crippen molar-refractivity contribution in [3.8, 4) is 0 Å². The van der Waals surface area contributed by atoms with Crippen molar-refractivity contribution in [2.75, 3.05) is 0 Å². The van der Waals surface area contributed by atoms with E-state index in [9.17, 15) is 0 Å². The van der Waals surface area contributed by atoms with Gasteiger partial charge in [-0.1, -0.05) is 29.5 Å². The average Bonchev–Trinajstić information content (AvgIpc) is 2.00. The van der Waals surface area contributed by atoms with Gasteiger partial charge in [-0.2, -0.15) is 0 Å². The van der Waals surface area contributed by atoms with Crippen molar-refractivity contribution in [1.29, 1.82) is 0 Å². The van der Waals surface area contributed by atoms with E-state index in [0.717, 1.165) is 10.2 Å². The van der Waals surface area contributed by atoms with Gasteiger partial charge in [0.25, 0.3) is 0 Å². The molecule has 0 spiro atoms. The van der Waals surface area contributed by atoms with Crippen LogP contribution in [0.2, 0.25) is 32.7 Å². The molecule has 1 nitrogen and oxygen atoms in total. The van der Waals surface area contributed by atoms with E-state index in [4.69, 9.17) is 4.12 Å². The molecular formula is C11H22OSi3. The highest BCUT2D eigenvalue weighted by molar-refractivity contribution is 6.92. The first-order chi connectivity index (χ1) is 6.71. The smallest absolute Gasteiger partial charge is 0.205 e. The van der Waals surface area contributed by atoms with E-state index in [1.165, 1.54) is 10.4 Å². The van der Waals surface area contributed by atoms with E-state index in [-0.39, 0.29) is 0 Å². The van der Waals surface area contributed by atoms with Crippen LogP contribution >= 0.6 is 0 Å². The van der Waals surface area contributed by atoms with Gasteiger partial charge in [-0.3, -0.25) is 0 Å². The largest absolute Gasteiger partial charge is 0.452 e. The fourth-order valence-corrected chi connectivity index (χ4v) is 9.68. The monoisotopic (exact) mass is 254 g/mol. The average molecular weight is 255 g/mol. The number of rotatable bonds is 3. The second-order valence-electron chi connectivity index (χ2n) is 5.59. The zero-order valence-corrected chi connectivity index (χ0v) is 14.7. The zero-order chi connectivity index (χ0) is 11.7. The maximum Gasteiger partial charge on any atom is 0.205 e. The van der Waals surface area contributed by atoms with Crippen LogP contribution in [0.5, 0.6) is 0 Å². The molecule has 0 heterocycles. The minimum Gasteiger partial charge on any atom is -0.452 e. The second-order valence-corrected chi connectivity index (χ2v) is 15.4. The molecule has 1 aromatic rings. The lowest BCUT2D eigenvalue weighted by molar-refractivity contribution is 0.566. The first-order valence-electron chi connectivity index (χ1n) is 5.48. The SMILES string of the molecule is C[Si](C)(C)O[Si](C)(C)c1ccc([SiH3])cc1. The molecule has 4 heteroatoms. The van der Waals surface area contributed by atoms with Crippen molar-refractivity contribution < 1.29 is 4.12 Å². The zero-order valence-electron chi connectivity index (χ0n) is 10.7. The van der Waals surface area contributed by atoms with E-state index >= 15 is 0 Å². The molecule has 0 amide bonds. The summed E-state index contributed by atoms with van der Waals surface area (Å²) in [4.78, 5) is 0. The molecule has 1 aromatic carbocycles. The Morgan fingerprint density at radius 2 is 1.40 bits per heavy atom. The summed E-state index contributed by atoms with van der Waals surface area (Å²) in [7, 11) is -1.94. The summed E-state index contributed by atoms with van der Waals surface area (Å²) in [5, 5.41) is 2.88. The summed E-state index contributed by atoms with van der Waals surface area (Å²) in [6, 6.07) is 9.00. The minimum absolute atomic E-state index is 1.13. The Morgan fingerprint density at radius 3 is 1.80 bits per heavy atom. The van der Waals surface area contributed by atoms with Gasteiger partial charge in [-0.25, -0.2) is 0 Å². The van der Waals surface area contributed by atoms with Crippen molar-refractivity contribution in [3.63, 3.8) is 0 Å². The molecule has 0 saturated carbocycles. The van der Waals surface area contributed by atoms with Crippen LogP contribution in [0.3, 0.4) is 0 Å². The van der Waals surface area contributed by atoms with Gasteiger partial charge in [0, 0.05) is 10.2 Å². The van der Waals surface area contributed by atoms with Crippen molar-refractivity contribution >= 4 is 37.3 Å². The summed E-state index contributed by atoms with van der Waals surface area (Å²) >= 11 is 0. The summed E-state index contributed by atoms with van der Waals surface area (Å²) in [5.41, 5.74) is 0. The maximum absolute atomic E-state index is 6.34. The topological polar surface area (TPSA) is 9.23 Å². The lowest BCUT2D eigenvalue weighted by atomic mass is 10.4. The van der Waals surface area contributed by atoms with Gasteiger partial charge in [-0.05, 0) is 37.9 Å². The molecule has 0 unspecified atom stereocenters. The summed E-state index contributed by atoms with van der Waals surface area (Å²) in [6.45, 7) is 11.4. The highest BCUT2D eigenvalue weighted by Crippen LogP contribution is 2.13. The van der Waals surface area contributed by atoms with Crippen molar-refractivity contribution in [2.45, 2.75) is 32.7 Å². The summed E-state index contributed by atoms with van der Waals surface area (Å²) in [6.07, 6.45) is 0. The molecule has 0 aliphatic rings. The molecule has 15 heavy (non-hydrogen) atoms. The minimum atomic E-state index is -1.66. The van der Waals surface area contributed by atoms with Crippen LogP contribution in [0.15, 0.2) is 24.3 Å². The fraction of sp³-hybridized carbons (Fsp3) is 0.455.